The van der Waals surface area contributed by atoms with Crippen LogP contribution in [0.5, 0.6) is 0 Å². The first-order valence-electron chi connectivity index (χ1n) is 11.1. The summed E-state index contributed by atoms with van der Waals surface area (Å²) in [5.74, 6) is 0.617. The van der Waals surface area contributed by atoms with Crippen molar-refractivity contribution < 1.29 is 8.78 Å². The van der Waals surface area contributed by atoms with E-state index in [1.165, 1.54) is 18.2 Å². The van der Waals surface area contributed by atoms with Crippen molar-refractivity contribution >= 4 is 41.4 Å². The highest BCUT2D eigenvalue weighted by molar-refractivity contribution is 14.0. The Bertz CT molecular complexity index is 913. The van der Waals surface area contributed by atoms with Gasteiger partial charge in [-0.3, -0.25) is 4.99 Å². The van der Waals surface area contributed by atoms with Gasteiger partial charge in [-0.05, 0) is 37.2 Å². The number of para-hydroxylation sites is 1. The third-order valence-electron chi connectivity index (χ3n) is 6.10. The van der Waals surface area contributed by atoms with E-state index in [9.17, 15) is 8.78 Å². The lowest BCUT2D eigenvalue weighted by atomic mass is 10.2. The van der Waals surface area contributed by atoms with Crippen LogP contribution in [-0.4, -0.2) is 75.2 Å². The van der Waals surface area contributed by atoms with Gasteiger partial charge in [-0.15, -0.1) is 24.0 Å². The van der Waals surface area contributed by atoms with E-state index >= 15 is 0 Å². The number of pyridine rings is 1. The molecule has 2 aromatic rings. The summed E-state index contributed by atoms with van der Waals surface area (Å²) in [5, 5.41) is 6.67. The monoisotopic (exact) mass is 571 g/mol. The normalized spacial score (nSPS) is 19.4. The molecule has 2 aliphatic rings. The van der Waals surface area contributed by atoms with E-state index in [-0.39, 0.29) is 35.7 Å². The summed E-state index contributed by atoms with van der Waals surface area (Å²) in [7, 11) is 3.86. The van der Waals surface area contributed by atoms with Gasteiger partial charge in [0, 0.05) is 65.1 Å². The molecule has 1 unspecified atom stereocenters. The first kappa shape index (κ1) is 25.4. The summed E-state index contributed by atoms with van der Waals surface area (Å²) in [4.78, 5) is 15.3. The van der Waals surface area contributed by atoms with Crippen molar-refractivity contribution in [2.45, 2.75) is 19.0 Å². The number of rotatable bonds is 5. The number of aliphatic imine (C=N–C) groups is 1. The predicted octanol–water partition coefficient (Wildman–Crippen LogP) is 2.67. The number of guanidine groups is 1. The molecular formula is C23H32F2IN7. The van der Waals surface area contributed by atoms with Crippen LogP contribution in [0.1, 0.15) is 12.0 Å². The molecule has 2 aliphatic heterocycles. The maximum atomic E-state index is 14.1. The molecule has 1 atom stereocenters. The van der Waals surface area contributed by atoms with E-state index in [0.717, 1.165) is 44.0 Å². The van der Waals surface area contributed by atoms with E-state index in [4.69, 9.17) is 0 Å². The maximum absolute atomic E-state index is 14.1. The Morgan fingerprint density at radius 2 is 1.79 bits per heavy atom. The van der Waals surface area contributed by atoms with Crippen molar-refractivity contribution in [3.05, 3.63) is 53.7 Å². The fourth-order valence-electron chi connectivity index (χ4n) is 4.19. The highest BCUT2D eigenvalue weighted by Crippen LogP contribution is 2.26. The van der Waals surface area contributed by atoms with Crippen LogP contribution in [0.3, 0.4) is 0 Å². The van der Waals surface area contributed by atoms with Crippen molar-refractivity contribution in [2.75, 3.05) is 63.2 Å². The number of likely N-dealkylation sites (N-methyl/N-ethyl adjacent to an activating group) is 1. The first-order chi connectivity index (χ1) is 15.5. The molecule has 2 saturated heterocycles. The minimum Gasteiger partial charge on any atom is -0.365 e. The third kappa shape index (κ3) is 6.44. The minimum absolute atomic E-state index is 0. The van der Waals surface area contributed by atoms with Crippen LogP contribution >= 0.6 is 24.0 Å². The zero-order valence-corrected chi connectivity index (χ0v) is 21.4. The molecule has 3 heterocycles. The number of benzene rings is 1. The average molecular weight is 571 g/mol. The van der Waals surface area contributed by atoms with E-state index in [0.29, 0.717) is 25.6 Å². The minimum atomic E-state index is -0.527. The van der Waals surface area contributed by atoms with Crippen LogP contribution in [0.2, 0.25) is 0 Å². The van der Waals surface area contributed by atoms with E-state index < -0.39 is 11.6 Å². The Kier molecular flexibility index (Phi) is 9.07. The third-order valence-corrected chi connectivity index (χ3v) is 6.10. The van der Waals surface area contributed by atoms with Gasteiger partial charge in [-0.2, -0.15) is 0 Å². The fourth-order valence-corrected chi connectivity index (χ4v) is 4.19. The van der Waals surface area contributed by atoms with Crippen molar-refractivity contribution in [3.8, 4) is 0 Å². The average Bonchev–Trinajstić information content (AvgIpc) is 3.25. The van der Waals surface area contributed by atoms with E-state index in [1.807, 2.05) is 6.20 Å². The van der Waals surface area contributed by atoms with Gasteiger partial charge in [0.05, 0.1) is 0 Å². The summed E-state index contributed by atoms with van der Waals surface area (Å²) in [5.41, 5.74) is 1.11. The molecule has 10 heteroatoms. The number of halogens is 3. The summed E-state index contributed by atoms with van der Waals surface area (Å²) in [6, 6.07) is 8.18. The number of aromatic nitrogens is 1. The smallest absolute Gasteiger partial charge is 0.191 e. The number of nitrogens with zero attached hydrogens (tertiary/aromatic N) is 5. The lowest BCUT2D eigenvalue weighted by Gasteiger charge is -2.33. The van der Waals surface area contributed by atoms with Crippen LogP contribution in [0.4, 0.5) is 20.3 Å². The summed E-state index contributed by atoms with van der Waals surface area (Å²) >= 11 is 0. The van der Waals surface area contributed by atoms with Gasteiger partial charge in [-0.25, -0.2) is 13.8 Å². The molecule has 0 spiro atoms. The van der Waals surface area contributed by atoms with Crippen LogP contribution in [0.25, 0.3) is 0 Å². The molecule has 7 nitrogen and oxygen atoms in total. The maximum Gasteiger partial charge on any atom is 0.191 e. The molecule has 1 aromatic carbocycles. The number of hydrogen-bond acceptors (Lipinski definition) is 5. The zero-order valence-electron chi connectivity index (χ0n) is 19.1. The van der Waals surface area contributed by atoms with Gasteiger partial charge in [0.25, 0.3) is 0 Å². The van der Waals surface area contributed by atoms with Gasteiger partial charge in [0.2, 0.25) is 0 Å². The molecule has 2 N–H and O–H groups in total. The SMILES string of the molecule is CN=C(NCc1ccc(N2CCN(C)CC2)nc1)NC1CCN(c2c(F)cccc2F)C1.I. The lowest BCUT2D eigenvalue weighted by Crippen LogP contribution is -2.45. The summed E-state index contributed by atoms with van der Waals surface area (Å²) < 4.78 is 28.2. The largest absolute Gasteiger partial charge is 0.365 e. The van der Waals surface area contributed by atoms with Gasteiger partial charge in [0.1, 0.15) is 23.1 Å². The zero-order chi connectivity index (χ0) is 22.5. The Morgan fingerprint density at radius 1 is 1.06 bits per heavy atom. The molecular weight excluding hydrogens is 539 g/mol. The predicted molar refractivity (Wildman–Crippen MR) is 140 cm³/mol. The standard InChI is InChI=1S/C23H31F2N7.HI/c1-26-23(29-18-8-9-32(16-18)22-19(24)4-3-5-20(22)25)28-15-17-6-7-21(27-14-17)31-12-10-30(2)11-13-31;/h3-7,14,18H,8-13,15-16H2,1-2H3,(H2,26,28,29);1H. The van der Waals surface area contributed by atoms with Crippen LogP contribution in [-0.2, 0) is 6.54 Å². The molecule has 0 aliphatic carbocycles. The summed E-state index contributed by atoms with van der Waals surface area (Å²) in [6.45, 7) is 5.78. The van der Waals surface area contributed by atoms with Crippen molar-refractivity contribution in [1.82, 2.24) is 20.5 Å². The van der Waals surface area contributed by atoms with Gasteiger partial charge in [0.15, 0.2) is 5.96 Å². The molecule has 0 radical (unpaired) electrons. The molecule has 0 amide bonds. The number of anilines is 2. The Balaban J connectivity index is 0.00000306. The van der Waals surface area contributed by atoms with Gasteiger partial charge >= 0.3 is 0 Å². The summed E-state index contributed by atoms with van der Waals surface area (Å²) in [6.07, 6.45) is 2.67. The van der Waals surface area contributed by atoms with Crippen molar-refractivity contribution in [1.29, 1.82) is 0 Å². The van der Waals surface area contributed by atoms with Crippen LogP contribution in [0, 0.1) is 11.6 Å². The topological polar surface area (TPSA) is 59.0 Å². The Labute approximate surface area is 211 Å². The highest BCUT2D eigenvalue weighted by atomic mass is 127. The molecule has 2 fully saturated rings. The molecule has 180 valence electrons. The molecule has 33 heavy (non-hydrogen) atoms. The Hall–Kier alpha value is -2.21. The van der Waals surface area contributed by atoms with Crippen molar-refractivity contribution in [3.63, 3.8) is 0 Å². The van der Waals surface area contributed by atoms with Crippen molar-refractivity contribution in [2.24, 2.45) is 4.99 Å². The molecule has 4 rings (SSSR count). The second kappa shape index (κ2) is 11.8. The number of nitrogens with one attached hydrogen (secondary N) is 2. The second-order valence-corrected chi connectivity index (χ2v) is 8.39. The number of piperazine rings is 1. The van der Waals surface area contributed by atoms with Crippen LogP contribution in [0.15, 0.2) is 41.5 Å². The molecule has 0 saturated carbocycles. The second-order valence-electron chi connectivity index (χ2n) is 8.39. The van der Waals surface area contributed by atoms with E-state index in [2.05, 4.69) is 49.6 Å². The first-order valence-corrected chi connectivity index (χ1v) is 11.1. The Morgan fingerprint density at radius 3 is 2.42 bits per heavy atom. The lowest BCUT2D eigenvalue weighted by molar-refractivity contribution is 0.312. The molecule has 0 bridgehead atoms. The highest BCUT2D eigenvalue weighted by Gasteiger charge is 2.27. The fraction of sp³-hybridized carbons (Fsp3) is 0.478. The number of hydrogen-bond donors (Lipinski definition) is 2. The van der Waals surface area contributed by atoms with Gasteiger partial charge < -0.3 is 25.3 Å². The molecule has 1 aromatic heterocycles. The quantitative estimate of drug-likeness (QED) is 0.327. The van der Waals surface area contributed by atoms with E-state index in [1.54, 1.807) is 11.9 Å². The van der Waals surface area contributed by atoms with Crippen LogP contribution < -0.4 is 20.4 Å². The van der Waals surface area contributed by atoms with Gasteiger partial charge in [-0.1, -0.05) is 12.1 Å².